The summed E-state index contributed by atoms with van der Waals surface area (Å²) in [6.45, 7) is 8.96. The van der Waals surface area contributed by atoms with Crippen LogP contribution in [0.25, 0.3) is 0 Å². The van der Waals surface area contributed by atoms with E-state index >= 15 is 0 Å². The van der Waals surface area contributed by atoms with Crippen LogP contribution in [-0.2, 0) is 0 Å². The van der Waals surface area contributed by atoms with Gasteiger partial charge in [-0.3, -0.25) is 4.90 Å². The van der Waals surface area contributed by atoms with E-state index < -0.39 is 0 Å². The van der Waals surface area contributed by atoms with E-state index in [0.29, 0.717) is 5.56 Å². The Bertz CT molecular complexity index is 454. The molecule has 1 aromatic rings. The van der Waals surface area contributed by atoms with Crippen LogP contribution in [0.1, 0.15) is 45.2 Å². The Morgan fingerprint density at radius 1 is 1.25 bits per heavy atom. The minimum absolute atomic E-state index is 0.221. The molecule has 112 valence electrons. The predicted octanol–water partition coefficient (Wildman–Crippen LogP) is 3.49. The SMILES string of the molecule is CCNC(c1cc(F)ccc1F)C(C)(C)N1CCCC1. The van der Waals surface area contributed by atoms with Gasteiger partial charge in [0.1, 0.15) is 11.6 Å². The monoisotopic (exact) mass is 282 g/mol. The summed E-state index contributed by atoms with van der Waals surface area (Å²) in [6, 6.07) is 3.49. The van der Waals surface area contributed by atoms with Crippen molar-refractivity contribution in [2.75, 3.05) is 19.6 Å². The van der Waals surface area contributed by atoms with E-state index in [-0.39, 0.29) is 23.2 Å². The van der Waals surface area contributed by atoms with Gasteiger partial charge >= 0.3 is 0 Å². The third kappa shape index (κ3) is 3.01. The Morgan fingerprint density at radius 2 is 1.90 bits per heavy atom. The van der Waals surface area contributed by atoms with Gasteiger partial charge in [0.25, 0.3) is 0 Å². The number of rotatable bonds is 5. The Kier molecular flexibility index (Phi) is 4.76. The Balaban J connectivity index is 2.36. The molecule has 0 aromatic heterocycles. The fourth-order valence-electron chi connectivity index (χ4n) is 3.16. The molecule has 0 bridgehead atoms. The van der Waals surface area contributed by atoms with Crippen molar-refractivity contribution in [1.29, 1.82) is 0 Å². The van der Waals surface area contributed by atoms with Gasteiger partial charge in [0, 0.05) is 11.1 Å². The molecule has 1 aromatic carbocycles. The number of likely N-dealkylation sites (tertiary alicyclic amines) is 1. The van der Waals surface area contributed by atoms with Crippen molar-refractivity contribution in [3.05, 3.63) is 35.4 Å². The van der Waals surface area contributed by atoms with Crippen molar-refractivity contribution < 1.29 is 8.78 Å². The summed E-state index contributed by atoms with van der Waals surface area (Å²) >= 11 is 0. The first-order valence-electron chi connectivity index (χ1n) is 7.40. The van der Waals surface area contributed by atoms with Crippen molar-refractivity contribution in [2.45, 2.75) is 45.2 Å². The van der Waals surface area contributed by atoms with E-state index in [1.54, 1.807) is 0 Å². The van der Waals surface area contributed by atoms with E-state index in [9.17, 15) is 8.78 Å². The maximum Gasteiger partial charge on any atom is 0.128 e. The summed E-state index contributed by atoms with van der Waals surface area (Å²) in [6.07, 6.45) is 2.35. The smallest absolute Gasteiger partial charge is 0.128 e. The molecule has 2 nitrogen and oxygen atoms in total. The molecule has 1 unspecified atom stereocenters. The lowest BCUT2D eigenvalue weighted by Crippen LogP contribution is -2.51. The summed E-state index contributed by atoms with van der Waals surface area (Å²) < 4.78 is 27.6. The van der Waals surface area contributed by atoms with Gasteiger partial charge in [0.2, 0.25) is 0 Å². The lowest BCUT2D eigenvalue weighted by atomic mass is 9.86. The average molecular weight is 282 g/mol. The number of likely N-dealkylation sites (N-methyl/N-ethyl adjacent to an activating group) is 1. The molecule has 1 saturated heterocycles. The second kappa shape index (κ2) is 6.19. The van der Waals surface area contributed by atoms with Gasteiger partial charge in [-0.05, 0) is 64.5 Å². The van der Waals surface area contributed by atoms with Crippen LogP contribution in [0.2, 0.25) is 0 Å². The molecule has 1 aliphatic rings. The van der Waals surface area contributed by atoms with Crippen molar-refractivity contribution in [3.63, 3.8) is 0 Å². The summed E-state index contributed by atoms with van der Waals surface area (Å²) in [5.74, 6) is -0.730. The fourth-order valence-corrected chi connectivity index (χ4v) is 3.16. The minimum atomic E-state index is -0.387. The van der Waals surface area contributed by atoms with Crippen LogP contribution in [0.5, 0.6) is 0 Å². The van der Waals surface area contributed by atoms with Crippen LogP contribution in [0.4, 0.5) is 8.78 Å². The summed E-state index contributed by atoms with van der Waals surface area (Å²) in [4.78, 5) is 2.37. The van der Waals surface area contributed by atoms with Crippen molar-refractivity contribution in [2.24, 2.45) is 0 Å². The highest BCUT2D eigenvalue weighted by Crippen LogP contribution is 2.34. The molecule has 0 amide bonds. The predicted molar refractivity (Wildman–Crippen MR) is 77.7 cm³/mol. The molecule has 4 heteroatoms. The van der Waals surface area contributed by atoms with Crippen LogP contribution >= 0.6 is 0 Å². The first kappa shape index (κ1) is 15.4. The fraction of sp³-hybridized carbons (Fsp3) is 0.625. The van der Waals surface area contributed by atoms with E-state index in [1.165, 1.54) is 31.0 Å². The Labute approximate surface area is 120 Å². The second-order valence-corrected chi connectivity index (χ2v) is 6.00. The summed E-state index contributed by atoms with van der Waals surface area (Å²) in [7, 11) is 0. The van der Waals surface area contributed by atoms with Gasteiger partial charge in [-0.25, -0.2) is 8.78 Å². The highest BCUT2D eigenvalue weighted by molar-refractivity contribution is 5.25. The third-order valence-corrected chi connectivity index (χ3v) is 4.30. The number of hydrogen-bond donors (Lipinski definition) is 1. The van der Waals surface area contributed by atoms with Gasteiger partial charge in [-0.15, -0.1) is 0 Å². The minimum Gasteiger partial charge on any atom is -0.309 e. The molecule has 0 radical (unpaired) electrons. The van der Waals surface area contributed by atoms with E-state index in [2.05, 4.69) is 24.1 Å². The number of benzene rings is 1. The molecule has 1 atom stereocenters. The van der Waals surface area contributed by atoms with Crippen LogP contribution in [0.3, 0.4) is 0 Å². The highest BCUT2D eigenvalue weighted by atomic mass is 19.1. The number of hydrogen-bond acceptors (Lipinski definition) is 2. The normalized spacial score (nSPS) is 18.4. The number of halogens is 2. The van der Waals surface area contributed by atoms with Crippen molar-refractivity contribution in [3.8, 4) is 0 Å². The first-order valence-corrected chi connectivity index (χ1v) is 7.40. The van der Waals surface area contributed by atoms with Gasteiger partial charge in [0.15, 0.2) is 0 Å². The van der Waals surface area contributed by atoms with Crippen LogP contribution < -0.4 is 5.32 Å². The van der Waals surface area contributed by atoms with Gasteiger partial charge in [-0.1, -0.05) is 6.92 Å². The van der Waals surface area contributed by atoms with Crippen LogP contribution in [0.15, 0.2) is 18.2 Å². The van der Waals surface area contributed by atoms with Gasteiger partial charge in [-0.2, -0.15) is 0 Å². The van der Waals surface area contributed by atoms with E-state index in [1.807, 2.05) is 6.92 Å². The van der Waals surface area contributed by atoms with E-state index in [0.717, 1.165) is 19.6 Å². The zero-order valence-corrected chi connectivity index (χ0v) is 12.5. The molecule has 1 fully saturated rings. The zero-order valence-electron chi connectivity index (χ0n) is 12.5. The molecule has 1 N–H and O–H groups in total. The van der Waals surface area contributed by atoms with Crippen molar-refractivity contribution >= 4 is 0 Å². The molecular weight excluding hydrogens is 258 g/mol. The molecule has 20 heavy (non-hydrogen) atoms. The largest absolute Gasteiger partial charge is 0.309 e. The molecule has 0 spiro atoms. The maximum absolute atomic E-state index is 14.1. The first-order chi connectivity index (χ1) is 9.46. The maximum atomic E-state index is 14.1. The molecule has 1 aliphatic heterocycles. The zero-order chi connectivity index (χ0) is 14.8. The van der Waals surface area contributed by atoms with E-state index in [4.69, 9.17) is 0 Å². The lowest BCUT2D eigenvalue weighted by Gasteiger charge is -2.43. The standard InChI is InChI=1S/C16H24F2N2/c1-4-19-15(13-11-12(17)7-8-14(13)18)16(2,3)20-9-5-6-10-20/h7-8,11,15,19H,4-6,9-10H2,1-3H3. The third-order valence-electron chi connectivity index (χ3n) is 4.30. The topological polar surface area (TPSA) is 15.3 Å². The Morgan fingerprint density at radius 3 is 2.50 bits per heavy atom. The molecule has 2 rings (SSSR count). The quantitative estimate of drug-likeness (QED) is 0.889. The molecule has 0 aliphatic carbocycles. The number of nitrogens with one attached hydrogen (secondary N) is 1. The Hall–Kier alpha value is -1.00. The number of nitrogens with zero attached hydrogens (tertiary/aromatic N) is 1. The highest BCUT2D eigenvalue weighted by Gasteiger charge is 2.38. The molecular formula is C16H24F2N2. The average Bonchev–Trinajstić information content (AvgIpc) is 2.93. The van der Waals surface area contributed by atoms with Crippen molar-refractivity contribution in [1.82, 2.24) is 10.2 Å². The summed E-state index contributed by atoms with van der Waals surface area (Å²) in [5.41, 5.74) is 0.171. The molecule has 0 saturated carbocycles. The molecule has 1 heterocycles. The van der Waals surface area contributed by atoms with Gasteiger partial charge < -0.3 is 5.32 Å². The van der Waals surface area contributed by atoms with Gasteiger partial charge in [0.05, 0.1) is 6.04 Å². The summed E-state index contributed by atoms with van der Waals surface area (Å²) in [5, 5.41) is 3.34. The second-order valence-electron chi connectivity index (χ2n) is 6.00. The van der Waals surface area contributed by atoms with Crippen LogP contribution in [0, 0.1) is 11.6 Å². The van der Waals surface area contributed by atoms with Crippen LogP contribution in [-0.4, -0.2) is 30.1 Å². The lowest BCUT2D eigenvalue weighted by molar-refractivity contribution is 0.106.